The zero-order valence-electron chi connectivity index (χ0n) is 10.2. The predicted octanol–water partition coefficient (Wildman–Crippen LogP) is -0.0696. The third kappa shape index (κ3) is 3.18. The van der Waals surface area contributed by atoms with Crippen LogP contribution in [0.15, 0.2) is 0 Å². The third-order valence-corrected chi connectivity index (χ3v) is 3.03. The fourth-order valence-corrected chi connectivity index (χ4v) is 1.90. The fraction of sp³-hybridized carbons (Fsp3) is 0.727. The number of carboxylic acid groups (broad SMARTS) is 1. The smallest absolute Gasteiger partial charge is 0.312 e. The lowest BCUT2D eigenvalue weighted by Gasteiger charge is -2.36. The van der Waals surface area contributed by atoms with E-state index in [0.29, 0.717) is 26.1 Å². The van der Waals surface area contributed by atoms with Gasteiger partial charge in [-0.2, -0.15) is 0 Å². The molecule has 0 spiro atoms. The van der Waals surface area contributed by atoms with Crippen molar-refractivity contribution in [3.63, 3.8) is 0 Å². The first-order valence-corrected chi connectivity index (χ1v) is 5.79. The molecule has 1 unspecified atom stereocenters. The molecule has 2 amide bonds. The molecule has 0 bridgehead atoms. The predicted molar refractivity (Wildman–Crippen MR) is 60.3 cm³/mol. The first-order valence-electron chi connectivity index (χ1n) is 5.79. The van der Waals surface area contributed by atoms with Crippen molar-refractivity contribution < 1.29 is 19.5 Å². The molecule has 96 valence electrons. The number of nitrogens with zero attached hydrogens (tertiary/aromatic N) is 2. The van der Waals surface area contributed by atoms with Crippen LogP contribution in [-0.4, -0.2) is 58.4 Å². The summed E-state index contributed by atoms with van der Waals surface area (Å²) in [5, 5.41) is 8.58. The number of carbonyl (C=O) groups excluding carboxylic acids is 2. The highest BCUT2D eigenvalue weighted by molar-refractivity contribution is 6.35. The summed E-state index contributed by atoms with van der Waals surface area (Å²) in [6.07, 6.45) is 0.386. The van der Waals surface area contributed by atoms with Crippen molar-refractivity contribution >= 4 is 17.8 Å². The van der Waals surface area contributed by atoms with Gasteiger partial charge < -0.3 is 14.9 Å². The second kappa shape index (κ2) is 5.65. The molecule has 0 radical (unpaired) electrons. The fourth-order valence-electron chi connectivity index (χ4n) is 1.90. The van der Waals surface area contributed by atoms with Crippen molar-refractivity contribution in [2.45, 2.75) is 32.7 Å². The van der Waals surface area contributed by atoms with E-state index in [1.54, 1.807) is 6.92 Å². The van der Waals surface area contributed by atoms with Gasteiger partial charge in [0.1, 0.15) is 0 Å². The molecule has 1 heterocycles. The summed E-state index contributed by atoms with van der Waals surface area (Å²) in [5.41, 5.74) is 0. The Kier molecular flexibility index (Phi) is 4.48. The molecule has 0 aromatic heterocycles. The second-order valence-corrected chi connectivity index (χ2v) is 4.16. The Bertz CT molecular complexity index is 329. The van der Waals surface area contributed by atoms with Gasteiger partial charge in [-0.05, 0) is 20.3 Å². The summed E-state index contributed by atoms with van der Waals surface area (Å²) in [5.74, 6) is -1.89. The molecule has 1 saturated heterocycles. The van der Waals surface area contributed by atoms with E-state index in [4.69, 9.17) is 5.11 Å². The quantitative estimate of drug-likeness (QED) is 0.684. The molecule has 0 aliphatic carbocycles. The summed E-state index contributed by atoms with van der Waals surface area (Å²) in [4.78, 5) is 36.8. The summed E-state index contributed by atoms with van der Waals surface area (Å²) >= 11 is 0. The van der Waals surface area contributed by atoms with Crippen molar-refractivity contribution in [3.8, 4) is 0 Å². The maximum absolute atomic E-state index is 11.8. The minimum Gasteiger partial charge on any atom is -0.481 e. The molecule has 0 aromatic rings. The van der Waals surface area contributed by atoms with Crippen LogP contribution in [-0.2, 0) is 14.4 Å². The normalized spacial score (nSPS) is 18.5. The van der Waals surface area contributed by atoms with Crippen molar-refractivity contribution in [2.75, 3.05) is 19.6 Å². The van der Waals surface area contributed by atoms with Crippen LogP contribution in [0.4, 0.5) is 0 Å². The van der Waals surface area contributed by atoms with E-state index in [9.17, 15) is 14.4 Å². The topological polar surface area (TPSA) is 77.9 Å². The lowest BCUT2D eigenvalue weighted by Crippen LogP contribution is -2.56. The van der Waals surface area contributed by atoms with Crippen LogP contribution in [0.5, 0.6) is 0 Å². The summed E-state index contributed by atoms with van der Waals surface area (Å²) in [7, 11) is 0. The molecular formula is C11H18N2O4. The largest absolute Gasteiger partial charge is 0.481 e. The number of rotatable bonds is 5. The number of carbonyl (C=O) groups is 3. The van der Waals surface area contributed by atoms with Gasteiger partial charge in [-0.15, -0.1) is 0 Å². The molecule has 1 aliphatic heterocycles. The number of carboxylic acids is 1. The zero-order valence-corrected chi connectivity index (χ0v) is 10.2. The van der Waals surface area contributed by atoms with Crippen LogP contribution < -0.4 is 0 Å². The average Bonchev–Trinajstić information content (AvgIpc) is 2.29. The molecule has 1 atom stereocenters. The highest BCUT2D eigenvalue weighted by atomic mass is 16.4. The molecule has 1 aliphatic rings. The monoisotopic (exact) mass is 242 g/mol. The first-order chi connectivity index (χ1) is 7.97. The molecule has 1 N–H and O–H groups in total. The lowest BCUT2D eigenvalue weighted by molar-refractivity contribution is -0.157. The van der Waals surface area contributed by atoms with Gasteiger partial charge in [-0.3, -0.25) is 14.4 Å². The lowest BCUT2D eigenvalue weighted by atomic mass is 10.1. The third-order valence-electron chi connectivity index (χ3n) is 3.03. The van der Waals surface area contributed by atoms with Gasteiger partial charge in [0.05, 0.1) is 0 Å². The van der Waals surface area contributed by atoms with Crippen LogP contribution in [0.25, 0.3) is 0 Å². The van der Waals surface area contributed by atoms with E-state index in [1.807, 2.05) is 6.92 Å². The molecule has 1 rings (SSSR count). The van der Waals surface area contributed by atoms with E-state index in [1.165, 1.54) is 9.80 Å². The van der Waals surface area contributed by atoms with Gasteiger partial charge in [0.2, 0.25) is 0 Å². The number of aliphatic carboxylic acids is 1. The maximum atomic E-state index is 11.8. The Hall–Kier alpha value is -1.59. The first kappa shape index (κ1) is 13.5. The van der Waals surface area contributed by atoms with Crippen LogP contribution in [0, 0.1) is 0 Å². The Balaban J connectivity index is 2.58. The van der Waals surface area contributed by atoms with Crippen molar-refractivity contribution in [1.29, 1.82) is 0 Å². The summed E-state index contributed by atoms with van der Waals surface area (Å²) in [6, 6.07) is -0.207. The van der Waals surface area contributed by atoms with Crippen LogP contribution in [0.3, 0.4) is 0 Å². The van der Waals surface area contributed by atoms with Crippen LogP contribution in [0.2, 0.25) is 0 Å². The van der Waals surface area contributed by atoms with Gasteiger partial charge in [-0.1, -0.05) is 0 Å². The molecule has 1 fully saturated rings. The molecule has 17 heavy (non-hydrogen) atoms. The van der Waals surface area contributed by atoms with Gasteiger partial charge >= 0.3 is 17.8 Å². The number of amides is 2. The van der Waals surface area contributed by atoms with Crippen LogP contribution in [0.1, 0.15) is 26.7 Å². The standard InChI is InChI=1S/C11H18N2O4/c1-3-12-6-7-13(11(17)10(12)16)8(2)4-5-9(14)15/h8H,3-7H2,1-2H3,(H,14,15). The summed E-state index contributed by atoms with van der Waals surface area (Å²) < 4.78 is 0. The van der Waals surface area contributed by atoms with Crippen molar-refractivity contribution in [1.82, 2.24) is 9.80 Å². The molecule has 0 saturated carbocycles. The highest BCUT2D eigenvalue weighted by Gasteiger charge is 2.33. The maximum Gasteiger partial charge on any atom is 0.312 e. The van der Waals surface area contributed by atoms with Gasteiger partial charge in [0, 0.05) is 32.1 Å². The Morgan fingerprint density at radius 2 is 2.00 bits per heavy atom. The SMILES string of the molecule is CCN1CCN(C(C)CCC(=O)O)C(=O)C1=O. The zero-order chi connectivity index (χ0) is 13.0. The van der Waals surface area contributed by atoms with Gasteiger partial charge in [-0.25, -0.2) is 0 Å². The molecule has 0 aromatic carbocycles. The number of piperazine rings is 1. The minimum absolute atomic E-state index is 0.0105. The highest BCUT2D eigenvalue weighted by Crippen LogP contribution is 2.12. The van der Waals surface area contributed by atoms with Crippen molar-refractivity contribution in [2.24, 2.45) is 0 Å². The average molecular weight is 242 g/mol. The Morgan fingerprint density at radius 3 is 2.53 bits per heavy atom. The Morgan fingerprint density at radius 1 is 1.35 bits per heavy atom. The van der Waals surface area contributed by atoms with Gasteiger partial charge in [0.25, 0.3) is 0 Å². The number of hydrogen-bond acceptors (Lipinski definition) is 3. The van der Waals surface area contributed by atoms with E-state index in [2.05, 4.69) is 0 Å². The van der Waals surface area contributed by atoms with Crippen LogP contribution >= 0.6 is 0 Å². The number of hydrogen-bond donors (Lipinski definition) is 1. The van der Waals surface area contributed by atoms with Gasteiger partial charge in [0.15, 0.2) is 0 Å². The minimum atomic E-state index is -0.886. The molecule has 6 nitrogen and oxygen atoms in total. The van der Waals surface area contributed by atoms with E-state index >= 15 is 0 Å². The van der Waals surface area contributed by atoms with E-state index < -0.39 is 17.8 Å². The van der Waals surface area contributed by atoms with E-state index in [-0.39, 0.29) is 12.5 Å². The summed E-state index contributed by atoms with van der Waals surface area (Å²) in [6.45, 7) is 5.14. The van der Waals surface area contributed by atoms with E-state index in [0.717, 1.165) is 0 Å². The Labute approximate surface area is 100 Å². The second-order valence-electron chi connectivity index (χ2n) is 4.16. The number of likely N-dealkylation sites (N-methyl/N-ethyl adjacent to an activating group) is 1. The van der Waals surface area contributed by atoms with Crippen molar-refractivity contribution in [3.05, 3.63) is 0 Å². The molecule has 6 heteroatoms. The molecular weight excluding hydrogens is 224 g/mol.